The molecule has 1 N–H and O–H groups in total. The van der Waals surface area contributed by atoms with Crippen molar-refractivity contribution in [1.82, 2.24) is 0 Å². The standard InChI is InChI=1S/C19H24O4/c1-5-23-18(22)15-16(20)13-8-6-7-9-14(13)19(4,17(15)21)11-10-12(2)3/h6-9,12,20H,5,10-11H2,1-4H3. The number of rotatable bonds is 5. The van der Waals surface area contributed by atoms with Crippen molar-refractivity contribution in [2.75, 3.05) is 6.61 Å². The summed E-state index contributed by atoms with van der Waals surface area (Å²) in [4.78, 5) is 25.2. The van der Waals surface area contributed by atoms with E-state index in [1.165, 1.54) is 0 Å². The summed E-state index contributed by atoms with van der Waals surface area (Å²) >= 11 is 0. The summed E-state index contributed by atoms with van der Waals surface area (Å²) in [6, 6.07) is 7.23. The lowest BCUT2D eigenvalue weighted by atomic mass is 9.67. The summed E-state index contributed by atoms with van der Waals surface area (Å²) in [6.45, 7) is 7.88. The van der Waals surface area contributed by atoms with E-state index in [0.717, 1.165) is 12.0 Å². The molecule has 1 aromatic rings. The molecule has 1 aliphatic rings. The maximum atomic E-state index is 13.0. The number of esters is 1. The second-order valence-corrected chi connectivity index (χ2v) is 6.58. The van der Waals surface area contributed by atoms with Crippen molar-refractivity contribution < 1.29 is 19.4 Å². The molecule has 4 heteroatoms. The minimum atomic E-state index is -0.824. The maximum absolute atomic E-state index is 13.0. The van der Waals surface area contributed by atoms with Gasteiger partial charge in [0.25, 0.3) is 0 Å². The molecule has 0 saturated heterocycles. The van der Waals surface area contributed by atoms with Gasteiger partial charge in [0, 0.05) is 5.56 Å². The topological polar surface area (TPSA) is 63.6 Å². The fourth-order valence-corrected chi connectivity index (χ4v) is 3.03. The van der Waals surface area contributed by atoms with Crippen LogP contribution in [0.3, 0.4) is 0 Å². The number of aliphatic hydroxyl groups is 1. The maximum Gasteiger partial charge on any atom is 0.345 e. The second-order valence-electron chi connectivity index (χ2n) is 6.58. The number of Topliss-reactive ketones (excluding diaryl/α,β-unsaturated/α-hetero) is 1. The van der Waals surface area contributed by atoms with Crippen LogP contribution in [0, 0.1) is 5.92 Å². The van der Waals surface area contributed by atoms with E-state index in [1.807, 2.05) is 19.1 Å². The Morgan fingerprint density at radius 3 is 2.57 bits per heavy atom. The molecule has 0 radical (unpaired) electrons. The van der Waals surface area contributed by atoms with Crippen LogP contribution in [-0.4, -0.2) is 23.5 Å². The van der Waals surface area contributed by atoms with Crippen LogP contribution in [0.5, 0.6) is 0 Å². The number of carbonyl (C=O) groups excluding carboxylic acids is 2. The molecule has 0 saturated carbocycles. The molecule has 0 aromatic heterocycles. The third kappa shape index (κ3) is 3.03. The van der Waals surface area contributed by atoms with Crippen molar-refractivity contribution >= 4 is 17.5 Å². The van der Waals surface area contributed by atoms with Gasteiger partial charge in [-0.1, -0.05) is 38.1 Å². The summed E-state index contributed by atoms with van der Waals surface area (Å²) in [6.07, 6.45) is 1.48. The minimum absolute atomic E-state index is 0.160. The molecule has 0 bridgehead atoms. The average molecular weight is 316 g/mol. The van der Waals surface area contributed by atoms with E-state index in [1.54, 1.807) is 19.1 Å². The quantitative estimate of drug-likeness (QED) is 0.663. The predicted octanol–water partition coefficient (Wildman–Crippen LogP) is 3.80. The lowest BCUT2D eigenvalue weighted by Gasteiger charge is -2.35. The lowest BCUT2D eigenvalue weighted by Crippen LogP contribution is -2.41. The van der Waals surface area contributed by atoms with E-state index in [0.29, 0.717) is 17.9 Å². The second kappa shape index (κ2) is 6.57. The van der Waals surface area contributed by atoms with Crippen LogP contribution < -0.4 is 0 Å². The van der Waals surface area contributed by atoms with Crippen molar-refractivity contribution in [2.24, 2.45) is 5.92 Å². The Balaban J connectivity index is 2.59. The summed E-state index contributed by atoms with van der Waals surface area (Å²) in [5.41, 5.74) is 0.268. The van der Waals surface area contributed by atoms with Gasteiger partial charge in [-0.15, -0.1) is 0 Å². The zero-order valence-electron chi connectivity index (χ0n) is 14.2. The van der Waals surface area contributed by atoms with E-state index >= 15 is 0 Å². The monoisotopic (exact) mass is 316 g/mol. The third-order valence-corrected chi connectivity index (χ3v) is 4.44. The van der Waals surface area contributed by atoms with Crippen LogP contribution in [-0.2, 0) is 19.7 Å². The van der Waals surface area contributed by atoms with Crippen LogP contribution in [0.1, 0.15) is 51.7 Å². The number of fused-ring (bicyclic) bond motifs is 1. The fraction of sp³-hybridized carbons (Fsp3) is 0.474. The largest absolute Gasteiger partial charge is 0.506 e. The van der Waals surface area contributed by atoms with Gasteiger partial charge in [-0.3, -0.25) is 4.79 Å². The van der Waals surface area contributed by atoms with Crippen molar-refractivity contribution in [3.8, 4) is 0 Å². The lowest BCUT2D eigenvalue weighted by molar-refractivity contribution is -0.140. The Kier molecular flexibility index (Phi) is 4.93. The first kappa shape index (κ1) is 17.3. The Hall–Kier alpha value is -2.10. The molecule has 1 unspecified atom stereocenters. The zero-order chi connectivity index (χ0) is 17.2. The molecule has 0 aliphatic heterocycles. The molecule has 0 fully saturated rings. The van der Waals surface area contributed by atoms with Crippen molar-refractivity contribution in [2.45, 2.75) is 46.0 Å². The van der Waals surface area contributed by atoms with Gasteiger partial charge in [0.2, 0.25) is 0 Å². The molecule has 0 heterocycles. The molecule has 0 amide bonds. The van der Waals surface area contributed by atoms with Gasteiger partial charge >= 0.3 is 5.97 Å². The number of ketones is 1. The van der Waals surface area contributed by atoms with Crippen LogP contribution in [0.25, 0.3) is 5.76 Å². The van der Waals surface area contributed by atoms with Gasteiger partial charge in [-0.25, -0.2) is 4.79 Å². The van der Waals surface area contributed by atoms with Crippen molar-refractivity contribution in [3.63, 3.8) is 0 Å². The van der Waals surface area contributed by atoms with Crippen molar-refractivity contribution in [3.05, 3.63) is 41.0 Å². The number of hydrogen-bond donors (Lipinski definition) is 1. The van der Waals surface area contributed by atoms with Crippen LogP contribution in [0.15, 0.2) is 29.8 Å². The predicted molar refractivity (Wildman–Crippen MR) is 89.1 cm³/mol. The highest BCUT2D eigenvalue weighted by molar-refractivity contribution is 6.26. The number of benzene rings is 1. The van der Waals surface area contributed by atoms with E-state index in [9.17, 15) is 14.7 Å². The number of carbonyl (C=O) groups is 2. The number of hydrogen-bond acceptors (Lipinski definition) is 4. The van der Waals surface area contributed by atoms with Crippen molar-refractivity contribution in [1.29, 1.82) is 0 Å². The molecular formula is C19H24O4. The van der Waals surface area contributed by atoms with Gasteiger partial charge < -0.3 is 9.84 Å². The molecule has 2 rings (SSSR count). The summed E-state index contributed by atoms with van der Waals surface area (Å²) in [5.74, 6) is -0.934. The molecule has 0 spiro atoms. The van der Waals surface area contributed by atoms with Crippen LogP contribution in [0.2, 0.25) is 0 Å². The van der Waals surface area contributed by atoms with Gasteiger partial charge in [0.05, 0.1) is 12.0 Å². The number of aliphatic hydroxyl groups excluding tert-OH is 1. The number of ether oxygens (including phenoxy) is 1. The molecule has 1 aliphatic carbocycles. The van der Waals surface area contributed by atoms with E-state index < -0.39 is 11.4 Å². The van der Waals surface area contributed by atoms with E-state index in [4.69, 9.17) is 4.74 Å². The molecule has 4 nitrogen and oxygen atoms in total. The Morgan fingerprint density at radius 1 is 1.30 bits per heavy atom. The minimum Gasteiger partial charge on any atom is -0.506 e. The SMILES string of the molecule is CCOC(=O)C1=C(O)c2ccccc2C(C)(CCC(C)C)C1=O. The van der Waals surface area contributed by atoms with Gasteiger partial charge in [-0.2, -0.15) is 0 Å². The average Bonchev–Trinajstić information content (AvgIpc) is 2.52. The fourth-order valence-electron chi connectivity index (χ4n) is 3.03. The summed E-state index contributed by atoms with van der Waals surface area (Å²) < 4.78 is 4.98. The van der Waals surface area contributed by atoms with Gasteiger partial charge in [0.1, 0.15) is 11.3 Å². The molecular weight excluding hydrogens is 292 g/mol. The Bertz CT molecular complexity index is 657. The highest BCUT2D eigenvalue weighted by atomic mass is 16.5. The van der Waals surface area contributed by atoms with Crippen LogP contribution >= 0.6 is 0 Å². The van der Waals surface area contributed by atoms with Crippen LogP contribution in [0.4, 0.5) is 0 Å². The summed E-state index contributed by atoms with van der Waals surface area (Å²) in [5, 5.41) is 10.5. The van der Waals surface area contributed by atoms with Gasteiger partial charge in [0.15, 0.2) is 5.78 Å². The Morgan fingerprint density at radius 2 is 1.96 bits per heavy atom. The first-order valence-electron chi connectivity index (χ1n) is 8.08. The van der Waals surface area contributed by atoms with E-state index in [2.05, 4.69) is 13.8 Å². The van der Waals surface area contributed by atoms with E-state index in [-0.39, 0.29) is 23.7 Å². The molecule has 1 atom stereocenters. The molecule has 23 heavy (non-hydrogen) atoms. The summed E-state index contributed by atoms with van der Waals surface area (Å²) in [7, 11) is 0. The third-order valence-electron chi connectivity index (χ3n) is 4.44. The highest BCUT2D eigenvalue weighted by Gasteiger charge is 2.46. The molecule has 124 valence electrons. The Labute approximate surface area is 137 Å². The first-order chi connectivity index (χ1) is 10.8. The molecule has 1 aromatic carbocycles. The highest BCUT2D eigenvalue weighted by Crippen LogP contribution is 2.43. The first-order valence-corrected chi connectivity index (χ1v) is 8.08. The smallest absolute Gasteiger partial charge is 0.345 e. The normalized spacial score (nSPS) is 20.7. The van der Waals surface area contributed by atoms with Gasteiger partial charge in [-0.05, 0) is 38.2 Å². The zero-order valence-corrected chi connectivity index (χ0v) is 14.2.